The van der Waals surface area contributed by atoms with Gasteiger partial charge in [0.25, 0.3) is 5.92 Å². The number of likely N-dealkylation sites (tertiary alicyclic amines) is 1. The Morgan fingerprint density at radius 3 is 2.17 bits per heavy atom. The summed E-state index contributed by atoms with van der Waals surface area (Å²) < 4.78 is 42.8. The predicted octanol–water partition coefficient (Wildman–Crippen LogP) is 8.36. The molecule has 0 unspecified atom stereocenters. The molecule has 4 N–H and O–H groups in total. The molecule has 3 aliphatic rings. The van der Waals surface area contributed by atoms with E-state index < -0.39 is 48.2 Å². The minimum Gasteiger partial charge on any atom is -0.453 e. The number of hydrogen-bond donors (Lipinski definition) is 4. The van der Waals surface area contributed by atoms with E-state index in [0.29, 0.717) is 81.4 Å². The lowest BCUT2D eigenvalue weighted by molar-refractivity contribution is -0.137. The second kappa shape index (κ2) is 17.6. The van der Waals surface area contributed by atoms with Crippen molar-refractivity contribution >= 4 is 35.0 Å². The van der Waals surface area contributed by atoms with Crippen LogP contribution in [0.5, 0.6) is 0 Å². The number of aromatic amines is 2. The van der Waals surface area contributed by atoms with Gasteiger partial charge in [-0.05, 0) is 84.0 Å². The van der Waals surface area contributed by atoms with Crippen LogP contribution in [0.1, 0.15) is 95.2 Å². The number of H-pyrrole nitrogens is 2. The van der Waals surface area contributed by atoms with E-state index >= 15 is 8.78 Å². The number of alkyl carbamates (subject to hydrolysis) is 2. The summed E-state index contributed by atoms with van der Waals surface area (Å²) in [6, 6.07) is 15.1. The third kappa shape index (κ3) is 8.26. The fraction of sp³-hybridized carbons (Fsp3) is 0.438. The number of carbonyl (C=O) groups excluding carboxylic acids is 4. The van der Waals surface area contributed by atoms with Crippen LogP contribution < -0.4 is 10.6 Å². The van der Waals surface area contributed by atoms with Gasteiger partial charge >= 0.3 is 12.2 Å². The molecule has 1 aliphatic heterocycles. The lowest BCUT2D eigenvalue weighted by atomic mass is 9.98. The first kappa shape index (κ1) is 44.8. The molecule has 7 atom stereocenters. The first-order valence-electron chi connectivity index (χ1n) is 22.1. The molecule has 5 aromatic rings. The van der Waals surface area contributed by atoms with Gasteiger partial charge in [0.1, 0.15) is 23.7 Å². The molecule has 0 bridgehead atoms. The van der Waals surface area contributed by atoms with Crippen LogP contribution in [0.15, 0.2) is 60.8 Å². The number of nitrogens with zero attached hydrogens (tertiary/aromatic N) is 5. The zero-order chi connectivity index (χ0) is 46.5. The zero-order valence-electron chi connectivity index (χ0n) is 37.4. The second-order valence-corrected chi connectivity index (χ2v) is 17.6. The van der Waals surface area contributed by atoms with Gasteiger partial charge in [-0.15, -0.1) is 0 Å². The van der Waals surface area contributed by atoms with Crippen molar-refractivity contribution in [3.05, 3.63) is 83.6 Å². The Morgan fingerprint density at radius 2 is 1.55 bits per heavy atom. The Morgan fingerprint density at radius 1 is 0.923 bits per heavy atom. The largest absolute Gasteiger partial charge is 0.453 e. The van der Waals surface area contributed by atoms with Gasteiger partial charge in [-0.25, -0.2) is 19.6 Å². The molecule has 0 spiro atoms. The van der Waals surface area contributed by atoms with Gasteiger partial charge < -0.3 is 39.9 Å². The van der Waals surface area contributed by atoms with Crippen LogP contribution in [0.2, 0.25) is 0 Å². The fourth-order valence-corrected chi connectivity index (χ4v) is 9.38. The van der Waals surface area contributed by atoms with E-state index in [1.807, 2.05) is 43.0 Å². The highest BCUT2D eigenvalue weighted by Crippen LogP contribution is 2.53. The van der Waals surface area contributed by atoms with Crippen molar-refractivity contribution in [3.63, 3.8) is 0 Å². The van der Waals surface area contributed by atoms with Gasteiger partial charge in [0.2, 0.25) is 11.8 Å². The number of fused-ring (bicyclic) bond motifs is 4. The molecule has 8 rings (SSSR count). The molecule has 3 heterocycles. The minimum absolute atomic E-state index is 0.00440. The smallest absolute Gasteiger partial charge is 0.407 e. The lowest BCUT2D eigenvalue weighted by Crippen LogP contribution is -2.51. The molecule has 17 heteroatoms. The number of carbonyl (C=O) groups is 4. The van der Waals surface area contributed by atoms with Crippen LogP contribution in [-0.2, 0) is 25.0 Å². The summed E-state index contributed by atoms with van der Waals surface area (Å²) in [6.45, 7) is 9.64. The number of hydrogen-bond acceptors (Lipinski definition) is 9. The van der Waals surface area contributed by atoms with Crippen molar-refractivity contribution in [1.29, 1.82) is 5.26 Å². The zero-order valence-corrected chi connectivity index (χ0v) is 37.4. The van der Waals surface area contributed by atoms with Crippen LogP contribution in [0, 0.1) is 29.1 Å². The summed E-state index contributed by atoms with van der Waals surface area (Å²) in [5.41, 5.74) is 4.17. The average molecular weight is 890 g/mol. The normalized spacial score (nSPS) is 20.6. The van der Waals surface area contributed by atoms with E-state index in [0.717, 1.165) is 6.42 Å². The summed E-state index contributed by atoms with van der Waals surface area (Å²) in [5, 5.41) is 15.1. The Kier molecular flexibility index (Phi) is 12.1. The maximum Gasteiger partial charge on any atom is 0.407 e. The van der Waals surface area contributed by atoms with Crippen molar-refractivity contribution in [2.24, 2.45) is 17.8 Å². The molecular weight excluding hydrogens is 837 g/mol. The van der Waals surface area contributed by atoms with Crippen LogP contribution in [0.25, 0.3) is 44.5 Å². The molecular formula is C48H53F2N9O6. The number of alkyl halides is 2. The summed E-state index contributed by atoms with van der Waals surface area (Å²) in [5.74, 6) is -3.36. The lowest BCUT2D eigenvalue weighted by Gasteiger charge is -2.33. The first-order chi connectivity index (χ1) is 31.1. The van der Waals surface area contributed by atoms with Crippen LogP contribution >= 0.6 is 0 Å². The number of halogens is 2. The Hall–Kier alpha value is -6.83. The number of benzene rings is 3. The maximum absolute atomic E-state index is 16.6. The van der Waals surface area contributed by atoms with E-state index in [1.54, 1.807) is 32.0 Å². The molecule has 340 valence electrons. The van der Waals surface area contributed by atoms with Gasteiger partial charge in [-0.1, -0.05) is 65.0 Å². The van der Waals surface area contributed by atoms with Gasteiger partial charge in [-0.3, -0.25) is 9.59 Å². The third-order valence-corrected chi connectivity index (χ3v) is 13.1. The molecule has 0 radical (unpaired) electrons. The van der Waals surface area contributed by atoms with Gasteiger partial charge in [0, 0.05) is 29.3 Å². The highest BCUT2D eigenvalue weighted by molar-refractivity contribution is 5.89. The number of nitrogens with one attached hydrogen (secondary N) is 4. The average Bonchev–Trinajstić information content (AvgIpc) is 3.75. The molecule has 1 saturated carbocycles. The van der Waals surface area contributed by atoms with Gasteiger partial charge in [0.05, 0.1) is 61.2 Å². The Balaban J connectivity index is 1.04. The third-order valence-electron chi connectivity index (χ3n) is 13.1. The number of rotatable bonds is 13. The van der Waals surface area contributed by atoms with E-state index in [4.69, 9.17) is 14.5 Å². The molecule has 65 heavy (non-hydrogen) atoms. The van der Waals surface area contributed by atoms with Crippen molar-refractivity contribution in [3.8, 4) is 39.6 Å². The molecule has 3 aromatic carbocycles. The molecule has 4 amide bonds. The van der Waals surface area contributed by atoms with Crippen molar-refractivity contribution in [2.75, 3.05) is 20.8 Å². The Bertz CT molecular complexity index is 2710. The van der Waals surface area contributed by atoms with E-state index in [1.165, 1.54) is 37.4 Å². The monoisotopic (exact) mass is 889 g/mol. The summed E-state index contributed by atoms with van der Waals surface area (Å²) in [4.78, 5) is 71.5. The molecule has 15 nitrogen and oxygen atoms in total. The molecule has 2 fully saturated rings. The number of amides is 4. The predicted molar refractivity (Wildman–Crippen MR) is 237 cm³/mol. The number of ether oxygens (including phenoxy) is 2. The summed E-state index contributed by atoms with van der Waals surface area (Å²) >= 11 is 0. The fourth-order valence-electron chi connectivity index (χ4n) is 9.38. The van der Waals surface area contributed by atoms with Crippen molar-refractivity contribution in [2.45, 2.75) is 96.4 Å². The van der Waals surface area contributed by atoms with Crippen LogP contribution in [0.4, 0.5) is 18.4 Å². The number of nitriles is 1. The minimum atomic E-state index is -3.33. The SMILES string of the molecule is CC[C@H](NC(=O)OC)C(=O)N([C@@H]1C[C@@H]1C)[C@@H](CC)c1nc2ccc(-c3ccc4c(c3)C(F)(F)c3cc(-c5cnc([C@@H]6C[C@H](C#N)CN6C(=O)[C@H](NC(=O)OC)C(C)C)[nH]5)ccc3-4)cc2[nH]1. The van der Waals surface area contributed by atoms with Crippen molar-refractivity contribution in [1.82, 2.24) is 40.4 Å². The van der Waals surface area contributed by atoms with E-state index in [9.17, 15) is 24.4 Å². The topological polar surface area (TPSA) is 198 Å². The summed E-state index contributed by atoms with van der Waals surface area (Å²) in [6.07, 6.45) is 2.22. The van der Waals surface area contributed by atoms with Crippen molar-refractivity contribution < 1.29 is 37.4 Å². The van der Waals surface area contributed by atoms with Gasteiger partial charge in [-0.2, -0.15) is 14.0 Å². The highest BCUT2D eigenvalue weighted by Gasteiger charge is 2.47. The van der Waals surface area contributed by atoms with E-state index in [2.05, 4.69) is 38.6 Å². The summed E-state index contributed by atoms with van der Waals surface area (Å²) in [7, 11) is 2.48. The number of imidazole rings is 2. The second-order valence-electron chi connectivity index (χ2n) is 17.6. The molecule has 2 aliphatic carbocycles. The maximum atomic E-state index is 16.6. The Labute approximate surface area is 375 Å². The standard InChI is InChI=1S/C48H53F2N9O6/c1-8-34(56-46(62)64-6)44(60)59(39-16-25(39)5)38(9-2)43-53-35-15-12-28(20-36(35)54-43)27-10-13-30-31-14-11-29(19-33(31)48(49,50)32(30)18-27)37-22-52-42(55-37)40-17-26(21-51)23-58(40)45(61)41(24(3)4)57-47(63)65-7/h10-15,18-20,22,24-26,34,38-41H,8-9,16-17,23H2,1-7H3,(H,52,55)(H,53,54)(H,56,62)(H,57,63)/t25-,26+,34-,38-,39+,40-,41+/m0/s1. The molecule has 2 aromatic heterocycles. The number of methoxy groups -OCH3 is 2. The highest BCUT2D eigenvalue weighted by atomic mass is 19.3. The van der Waals surface area contributed by atoms with E-state index in [-0.39, 0.29) is 41.4 Å². The van der Waals surface area contributed by atoms with Crippen LogP contribution in [0.3, 0.4) is 0 Å². The quantitative estimate of drug-likeness (QED) is 0.0897. The first-order valence-corrected chi connectivity index (χ1v) is 22.1. The number of aromatic nitrogens is 4. The van der Waals surface area contributed by atoms with Gasteiger partial charge in [0.15, 0.2) is 0 Å². The molecule has 1 saturated heterocycles. The van der Waals surface area contributed by atoms with Crippen LogP contribution in [-0.4, -0.2) is 92.6 Å².